The van der Waals surface area contributed by atoms with Gasteiger partial charge in [-0.05, 0) is 54.7 Å². The number of ether oxygens (including phenoxy) is 1. The molecule has 0 radical (unpaired) electrons. The zero-order chi connectivity index (χ0) is 15.0. The lowest BCUT2D eigenvalue weighted by Gasteiger charge is -2.17. The SMILES string of the molecule is Cc1ccc(C)c(C(N)Cc2cc(Br)cc3c2OCC3)c1. The number of rotatable bonds is 3. The monoisotopic (exact) mass is 345 g/mol. The summed E-state index contributed by atoms with van der Waals surface area (Å²) in [5.74, 6) is 1.04. The molecule has 2 aromatic rings. The Balaban J connectivity index is 1.92. The minimum absolute atomic E-state index is 0.00694. The standard InChI is InChI=1S/C18H20BrNO/c1-11-3-4-12(2)16(7-11)17(20)10-14-9-15(19)8-13-5-6-21-18(13)14/h3-4,7-9,17H,5-6,10,20H2,1-2H3. The molecule has 2 nitrogen and oxygen atoms in total. The van der Waals surface area contributed by atoms with E-state index < -0.39 is 0 Å². The van der Waals surface area contributed by atoms with Crippen LogP contribution in [0.4, 0.5) is 0 Å². The summed E-state index contributed by atoms with van der Waals surface area (Å²) in [5, 5.41) is 0. The van der Waals surface area contributed by atoms with Crippen molar-refractivity contribution < 1.29 is 4.74 Å². The summed E-state index contributed by atoms with van der Waals surface area (Å²) < 4.78 is 6.91. The topological polar surface area (TPSA) is 35.2 Å². The van der Waals surface area contributed by atoms with Crippen LogP contribution in [-0.4, -0.2) is 6.61 Å². The molecule has 1 heterocycles. The van der Waals surface area contributed by atoms with E-state index in [0.717, 1.165) is 29.7 Å². The Morgan fingerprint density at radius 3 is 2.86 bits per heavy atom. The van der Waals surface area contributed by atoms with Crippen molar-refractivity contribution in [1.29, 1.82) is 0 Å². The van der Waals surface area contributed by atoms with E-state index in [1.807, 2.05) is 0 Å². The second-order valence-corrected chi connectivity index (χ2v) is 6.74. The fourth-order valence-electron chi connectivity index (χ4n) is 3.00. The van der Waals surface area contributed by atoms with Gasteiger partial charge >= 0.3 is 0 Å². The lowest BCUT2D eigenvalue weighted by molar-refractivity contribution is 0.352. The van der Waals surface area contributed by atoms with Crippen molar-refractivity contribution in [2.24, 2.45) is 5.73 Å². The Morgan fingerprint density at radius 2 is 2.05 bits per heavy atom. The fraction of sp³-hybridized carbons (Fsp3) is 0.333. The second-order valence-electron chi connectivity index (χ2n) is 5.82. The van der Waals surface area contributed by atoms with Crippen molar-refractivity contribution in [3.63, 3.8) is 0 Å². The molecule has 0 aliphatic carbocycles. The summed E-state index contributed by atoms with van der Waals surface area (Å²) in [6.45, 7) is 5.00. The molecule has 0 spiro atoms. The highest BCUT2D eigenvalue weighted by Gasteiger charge is 2.20. The molecule has 1 aliphatic heterocycles. The molecule has 1 atom stereocenters. The summed E-state index contributed by atoms with van der Waals surface area (Å²) in [6.07, 6.45) is 1.78. The van der Waals surface area contributed by atoms with Gasteiger partial charge in [0.25, 0.3) is 0 Å². The number of halogens is 1. The molecule has 0 saturated heterocycles. The van der Waals surface area contributed by atoms with Gasteiger partial charge < -0.3 is 10.5 Å². The second kappa shape index (κ2) is 5.82. The highest BCUT2D eigenvalue weighted by Crippen LogP contribution is 2.35. The first-order valence-corrected chi connectivity index (χ1v) is 8.10. The molecule has 3 heteroatoms. The van der Waals surface area contributed by atoms with Crippen LogP contribution >= 0.6 is 15.9 Å². The predicted octanol–water partition coefficient (Wildman–Crippen LogP) is 4.24. The van der Waals surface area contributed by atoms with Gasteiger partial charge in [0.15, 0.2) is 0 Å². The lowest BCUT2D eigenvalue weighted by Crippen LogP contribution is -2.15. The maximum Gasteiger partial charge on any atom is 0.125 e. The molecule has 2 aromatic carbocycles. The van der Waals surface area contributed by atoms with Crippen molar-refractivity contribution >= 4 is 15.9 Å². The first kappa shape index (κ1) is 14.6. The van der Waals surface area contributed by atoms with Crippen molar-refractivity contribution in [1.82, 2.24) is 0 Å². The summed E-state index contributed by atoms with van der Waals surface area (Å²) in [6, 6.07) is 10.7. The van der Waals surface area contributed by atoms with E-state index in [2.05, 4.69) is 60.1 Å². The Labute approximate surface area is 134 Å². The highest BCUT2D eigenvalue weighted by atomic mass is 79.9. The molecule has 1 aliphatic rings. The van der Waals surface area contributed by atoms with Crippen LogP contribution in [0.25, 0.3) is 0 Å². The number of aryl methyl sites for hydroxylation is 2. The van der Waals surface area contributed by atoms with Crippen LogP contribution in [0.2, 0.25) is 0 Å². The fourth-order valence-corrected chi connectivity index (χ4v) is 3.56. The van der Waals surface area contributed by atoms with E-state index >= 15 is 0 Å². The number of benzene rings is 2. The van der Waals surface area contributed by atoms with E-state index in [9.17, 15) is 0 Å². The molecule has 110 valence electrons. The maximum absolute atomic E-state index is 6.47. The van der Waals surface area contributed by atoms with E-state index in [4.69, 9.17) is 10.5 Å². The Morgan fingerprint density at radius 1 is 1.24 bits per heavy atom. The molecule has 2 N–H and O–H groups in total. The molecule has 0 amide bonds. The van der Waals surface area contributed by atoms with Gasteiger partial charge in [-0.1, -0.05) is 39.7 Å². The molecule has 21 heavy (non-hydrogen) atoms. The van der Waals surface area contributed by atoms with Crippen LogP contribution in [0.3, 0.4) is 0 Å². The first-order chi connectivity index (χ1) is 10.0. The molecule has 0 bridgehead atoms. The minimum Gasteiger partial charge on any atom is -0.493 e. The lowest BCUT2D eigenvalue weighted by atomic mass is 9.93. The molecule has 0 saturated carbocycles. The van der Waals surface area contributed by atoms with Gasteiger partial charge in [-0.2, -0.15) is 0 Å². The van der Waals surface area contributed by atoms with Crippen LogP contribution in [-0.2, 0) is 12.8 Å². The summed E-state index contributed by atoms with van der Waals surface area (Å²) >= 11 is 3.59. The zero-order valence-electron chi connectivity index (χ0n) is 12.4. The molecule has 0 aromatic heterocycles. The normalized spacial score (nSPS) is 14.7. The maximum atomic E-state index is 6.47. The van der Waals surface area contributed by atoms with Gasteiger partial charge in [-0.25, -0.2) is 0 Å². The van der Waals surface area contributed by atoms with Crippen molar-refractivity contribution in [3.05, 3.63) is 62.6 Å². The smallest absolute Gasteiger partial charge is 0.125 e. The third-order valence-electron chi connectivity index (χ3n) is 4.10. The summed E-state index contributed by atoms with van der Waals surface area (Å²) in [7, 11) is 0. The van der Waals surface area contributed by atoms with Gasteiger partial charge in [0, 0.05) is 16.9 Å². The van der Waals surface area contributed by atoms with Crippen LogP contribution in [0, 0.1) is 13.8 Å². The van der Waals surface area contributed by atoms with Crippen LogP contribution < -0.4 is 10.5 Å². The van der Waals surface area contributed by atoms with E-state index in [1.165, 1.54) is 27.8 Å². The highest BCUT2D eigenvalue weighted by molar-refractivity contribution is 9.10. The van der Waals surface area contributed by atoms with Gasteiger partial charge in [0.05, 0.1) is 6.61 Å². The Bertz CT molecular complexity index is 681. The first-order valence-electron chi connectivity index (χ1n) is 7.31. The molecule has 0 fully saturated rings. The summed E-state index contributed by atoms with van der Waals surface area (Å²) in [5.41, 5.74) is 12.7. The number of nitrogens with two attached hydrogens (primary N) is 1. The van der Waals surface area contributed by atoms with E-state index in [-0.39, 0.29) is 6.04 Å². The van der Waals surface area contributed by atoms with Crippen molar-refractivity contribution in [3.8, 4) is 5.75 Å². The summed E-state index contributed by atoms with van der Waals surface area (Å²) in [4.78, 5) is 0. The molecular formula is C18H20BrNO. The van der Waals surface area contributed by atoms with E-state index in [0.29, 0.717) is 0 Å². The van der Waals surface area contributed by atoms with Gasteiger partial charge in [-0.15, -0.1) is 0 Å². The van der Waals surface area contributed by atoms with Crippen molar-refractivity contribution in [2.75, 3.05) is 6.61 Å². The van der Waals surface area contributed by atoms with Crippen LogP contribution in [0.5, 0.6) is 5.75 Å². The minimum atomic E-state index is -0.00694. The van der Waals surface area contributed by atoms with Crippen molar-refractivity contribution in [2.45, 2.75) is 32.7 Å². The average molecular weight is 346 g/mol. The van der Waals surface area contributed by atoms with Gasteiger partial charge in [0.1, 0.15) is 5.75 Å². The third-order valence-corrected chi connectivity index (χ3v) is 4.56. The number of hydrogen-bond donors (Lipinski definition) is 1. The zero-order valence-corrected chi connectivity index (χ0v) is 14.0. The number of fused-ring (bicyclic) bond motifs is 1. The van der Waals surface area contributed by atoms with Crippen LogP contribution in [0.1, 0.15) is 33.9 Å². The molecule has 1 unspecified atom stereocenters. The largest absolute Gasteiger partial charge is 0.493 e. The van der Waals surface area contributed by atoms with Crippen LogP contribution in [0.15, 0.2) is 34.8 Å². The Kier molecular flexibility index (Phi) is 4.05. The Hall–Kier alpha value is -1.32. The third kappa shape index (κ3) is 2.99. The molecule has 3 rings (SSSR count). The quantitative estimate of drug-likeness (QED) is 0.902. The predicted molar refractivity (Wildman–Crippen MR) is 89.9 cm³/mol. The molecular weight excluding hydrogens is 326 g/mol. The van der Waals surface area contributed by atoms with Gasteiger partial charge in [-0.3, -0.25) is 0 Å². The average Bonchev–Trinajstić information content (AvgIpc) is 2.89. The number of hydrogen-bond acceptors (Lipinski definition) is 2. The van der Waals surface area contributed by atoms with E-state index in [1.54, 1.807) is 0 Å². The van der Waals surface area contributed by atoms with Gasteiger partial charge in [0.2, 0.25) is 0 Å².